The summed E-state index contributed by atoms with van der Waals surface area (Å²) in [5, 5.41) is 9.39. The van der Waals surface area contributed by atoms with Crippen LogP contribution in [-0.2, 0) is 14.4 Å². The van der Waals surface area contributed by atoms with Gasteiger partial charge in [-0.15, -0.1) is 0 Å². The van der Waals surface area contributed by atoms with Gasteiger partial charge in [-0.1, -0.05) is 26.0 Å². The van der Waals surface area contributed by atoms with E-state index in [0.29, 0.717) is 5.56 Å². The molecule has 5 heteroatoms. The summed E-state index contributed by atoms with van der Waals surface area (Å²) in [4.78, 5) is 35.1. The van der Waals surface area contributed by atoms with Crippen molar-refractivity contribution in [1.82, 2.24) is 0 Å². The maximum Gasteiger partial charge on any atom is 0.314 e. The van der Waals surface area contributed by atoms with Gasteiger partial charge in [0.25, 0.3) is 0 Å². The lowest BCUT2D eigenvalue weighted by Gasteiger charge is -2.24. The molecule has 0 aliphatic rings. The number of benzene rings is 1. The Morgan fingerprint density at radius 2 is 1.67 bits per heavy atom. The highest BCUT2D eigenvalue weighted by atomic mass is 19.1. The molecule has 0 spiro atoms. The summed E-state index contributed by atoms with van der Waals surface area (Å²) in [6.07, 6.45) is -0.0684. The SMILES string of the molecule is CC(=O)CC(c1ccc(F)cc1)C(C(=O)O)C(=O)C(C)C. The Hall–Kier alpha value is -2.04. The molecule has 0 saturated carbocycles. The summed E-state index contributed by atoms with van der Waals surface area (Å²) in [6.45, 7) is 4.58. The molecule has 2 unspecified atom stereocenters. The standard InChI is InChI=1S/C16H19FO4/c1-9(2)15(19)14(16(20)21)13(8-10(3)18)11-4-6-12(17)7-5-11/h4-7,9,13-14H,8H2,1-3H3,(H,20,21). The Bertz CT molecular complexity index is 534. The van der Waals surface area contributed by atoms with Crippen LogP contribution in [0.4, 0.5) is 4.39 Å². The van der Waals surface area contributed by atoms with Gasteiger partial charge in [0.2, 0.25) is 0 Å². The Kier molecular flexibility index (Phi) is 5.76. The molecule has 0 radical (unpaired) electrons. The number of carbonyl (C=O) groups is 3. The fourth-order valence-electron chi connectivity index (χ4n) is 2.30. The largest absolute Gasteiger partial charge is 0.481 e. The van der Waals surface area contributed by atoms with Gasteiger partial charge in [-0.3, -0.25) is 9.59 Å². The molecule has 0 aliphatic heterocycles. The van der Waals surface area contributed by atoms with Crippen LogP contribution in [0.25, 0.3) is 0 Å². The highest BCUT2D eigenvalue weighted by Gasteiger charge is 2.37. The molecule has 2 atom stereocenters. The van der Waals surface area contributed by atoms with E-state index in [-0.39, 0.29) is 12.2 Å². The van der Waals surface area contributed by atoms with Gasteiger partial charge in [-0.05, 0) is 24.6 Å². The molecular weight excluding hydrogens is 275 g/mol. The highest BCUT2D eigenvalue weighted by Crippen LogP contribution is 2.31. The van der Waals surface area contributed by atoms with E-state index in [1.807, 2.05) is 0 Å². The predicted octanol–water partition coefficient (Wildman–Crippen LogP) is 2.81. The van der Waals surface area contributed by atoms with Crippen molar-refractivity contribution < 1.29 is 23.9 Å². The fourth-order valence-corrected chi connectivity index (χ4v) is 2.30. The van der Waals surface area contributed by atoms with Gasteiger partial charge in [0.1, 0.15) is 23.3 Å². The number of aliphatic carboxylic acids is 1. The summed E-state index contributed by atoms with van der Waals surface area (Å²) in [5.41, 5.74) is 0.480. The summed E-state index contributed by atoms with van der Waals surface area (Å²) in [7, 11) is 0. The summed E-state index contributed by atoms with van der Waals surface area (Å²) in [6, 6.07) is 5.24. The number of Topliss-reactive ketones (excluding diaryl/α,β-unsaturated/α-hetero) is 2. The first-order valence-corrected chi connectivity index (χ1v) is 6.75. The second-order valence-corrected chi connectivity index (χ2v) is 5.44. The van der Waals surface area contributed by atoms with E-state index in [9.17, 15) is 23.9 Å². The van der Waals surface area contributed by atoms with Crippen LogP contribution in [0.2, 0.25) is 0 Å². The van der Waals surface area contributed by atoms with Gasteiger partial charge < -0.3 is 9.90 Å². The molecular formula is C16H19FO4. The maximum absolute atomic E-state index is 13.0. The minimum atomic E-state index is -1.31. The number of carboxylic acids is 1. The van der Waals surface area contributed by atoms with Gasteiger partial charge in [0.05, 0.1) is 0 Å². The van der Waals surface area contributed by atoms with E-state index >= 15 is 0 Å². The molecule has 114 valence electrons. The summed E-state index contributed by atoms with van der Waals surface area (Å²) in [5.74, 6) is -4.91. The fraction of sp³-hybridized carbons (Fsp3) is 0.438. The van der Waals surface area contributed by atoms with Crippen molar-refractivity contribution in [1.29, 1.82) is 0 Å². The Labute approximate surface area is 123 Å². The zero-order valence-electron chi connectivity index (χ0n) is 12.3. The lowest BCUT2D eigenvalue weighted by Crippen LogP contribution is -2.34. The van der Waals surface area contributed by atoms with Crippen molar-refractivity contribution in [3.63, 3.8) is 0 Å². The molecule has 0 aliphatic carbocycles. The number of carbonyl (C=O) groups excluding carboxylic acids is 2. The highest BCUT2D eigenvalue weighted by molar-refractivity contribution is 6.00. The van der Waals surface area contributed by atoms with E-state index < -0.39 is 35.3 Å². The third kappa shape index (κ3) is 4.48. The van der Waals surface area contributed by atoms with Crippen LogP contribution in [0.3, 0.4) is 0 Å². The van der Waals surface area contributed by atoms with E-state index in [1.165, 1.54) is 31.2 Å². The summed E-state index contributed by atoms with van der Waals surface area (Å²) < 4.78 is 13.0. The maximum atomic E-state index is 13.0. The first-order chi connectivity index (χ1) is 9.73. The predicted molar refractivity (Wildman–Crippen MR) is 75.4 cm³/mol. The molecule has 1 rings (SSSR count). The van der Waals surface area contributed by atoms with Crippen molar-refractivity contribution in [2.75, 3.05) is 0 Å². The van der Waals surface area contributed by atoms with Crippen molar-refractivity contribution in [3.05, 3.63) is 35.6 Å². The molecule has 0 saturated heterocycles. The Balaban J connectivity index is 3.26. The van der Waals surface area contributed by atoms with Crippen molar-refractivity contribution in [2.45, 2.75) is 33.1 Å². The molecule has 1 N–H and O–H groups in total. The van der Waals surface area contributed by atoms with E-state index in [4.69, 9.17) is 0 Å². The van der Waals surface area contributed by atoms with Crippen molar-refractivity contribution >= 4 is 17.5 Å². The van der Waals surface area contributed by atoms with Gasteiger partial charge >= 0.3 is 5.97 Å². The molecule has 0 amide bonds. The van der Waals surface area contributed by atoms with Crippen molar-refractivity contribution in [2.24, 2.45) is 11.8 Å². The van der Waals surface area contributed by atoms with Gasteiger partial charge in [-0.25, -0.2) is 4.39 Å². The van der Waals surface area contributed by atoms with E-state index in [0.717, 1.165) is 0 Å². The minimum absolute atomic E-state index is 0.0684. The Morgan fingerprint density at radius 1 is 1.14 bits per heavy atom. The van der Waals surface area contributed by atoms with Gasteiger partial charge in [-0.2, -0.15) is 0 Å². The second-order valence-electron chi connectivity index (χ2n) is 5.44. The number of hydrogen-bond donors (Lipinski definition) is 1. The molecule has 0 bridgehead atoms. The molecule has 0 aromatic heterocycles. The van der Waals surface area contributed by atoms with Crippen LogP contribution >= 0.6 is 0 Å². The summed E-state index contributed by atoms with van der Waals surface area (Å²) >= 11 is 0. The van der Waals surface area contributed by atoms with Crippen LogP contribution in [0, 0.1) is 17.7 Å². The number of halogens is 1. The zero-order valence-corrected chi connectivity index (χ0v) is 12.3. The molecule has 1 aromatic carbocycles. The topological polar surface area (TPSA) is 71.4 Å². The van der Waals surface area contributed by atoms with Gasteiger partial charge in [0.15, 0.2) is 0 Å². The normalized spacial score (nSPS) is 13.8. The van der Waals surface area contributed by atoms with E-state index in [1.54, 1.807) is 13.8 Å². The quantitative estimate of drug-likeness (QED) is 0.785. The molecule has 21 heavy (non-hydrogen) atoms. The zero-order chi connectivity index (χ0) is 16.2. The van der Waals surface area contributed by atoms with Crippen LogP contribution in [0.15, 0.2) is 24.3 Å². The molecule has 1 aromatic rings. The Morgan fingerprint density at radius 3 is 2.05 bits per heavy atom. The lowest BCUT2D eigenvalue weighted by molar-refractivity contribution is -0.148. The number of ketones is 2. The first-order valence-electron chi connectivity index (χ1n) is 6.75. The molecule has 0 fully saturated rings. The second kappa shape index (κ2) is 7.11. The number of rotatable bonds is 7. The van der Waals surface area contributed by atoms with Crippen LogP contribution < -0.4 is 0 Å². The monoisotopic (exact) mass is 294 g/mol. The molecule has 4 nitrogen and oxygen atoms in total. The average molecular weight is 294 g/mol. The van der Waals surface area contributed by atoms with E-state index in [2.05, 4.69) is 0 Å². The first kappa shape index (κ1) is 17.0. The molecule has 0 heterocycles. The smallest absolute Gasteiger partial charge is 0.314 e. The number of carboxylic acid groups (broad SMARTS) is 1. The number of hydrogen-bond acceptors (Lipinski definition) is 3. The third-order valence-electron chi connectivity index (χ3n) is 3.35. The lowest BCUT2D eigenvalue weighted by atomic mass is 9.77. The van der Waals surface area contributed by atoms with Crippen LogP contribution in [0.1, 0.15) is 38.7 Å². The minimum Gasteiger partial charge on any atom is -0.481 e. The van der Waals surface area contributed by atoms with Crippen LogP contribution in [0.5, 0.6) is 0 Å². The average Bonchev–Trinajstić information content (AvgIpc) is 2.37. The van der Waals surface area contributed by atoms with Crippen molar-refractivity contribution in [3.8, 4) is 0 Å². The third-order valence-corrected chi connectivity index (χ3v) is 3.35. The van der Waals surface area contributed by atoms with Gasteiger partial charge in [0, 0.05) is 18.3 Å². The van der Waals surface area contributed by atoms with Crippen LogP contribution in [-0.4, -0.2) is 22.6 Å².